The van der Waals surface area contributed by atoms with Crippen LogP contribution in [0.1, 0.15) is 44.1 Å². The maximum Gasteiger partial charge on any atom is 0.305 e. The summed E-state index contributed by atoms with van der Waals surface area (Å²) < 4.78 is 0. The first-order valence-corrected chi connectivity index (χ1v) is 18.1. The molecule has 1 heterocycles. The number of hydrogen-bond acceptors (Lipinski definition) is 13. The molecule has 1 fully saturated rings. The molecular weight excluding hydrogens is 735 g/mol. The van der Waals surface area contributed by atoms with E-state index < -0.39 is 96.5 Å². The fraction of sp³-hybridized carbons (Fsp3) is 0.562. The number of carboxylic acid groups (broad SMARTS) is 1. The van der Waals surface area contributed by atoms with Crippen molar-refractivity contribution in [2.24, 2.45) is 17.2 Å². The summed E-state index contributed by atoms with van der Waals surface area (Å²) in [6, 6.07) is -1.59. The second-order valence-corrected chi connectivity index (χ2v) is 13.1. The Bertz CT molecular complexity index is 1470. The van der Waals surface area contributed by atoms with Crippen molar-refractivity contribution in [3.05, 3.63) is 29.8 Å². The van der Waals surface area contributed by atoms with Gasteiger partial charge in [-0.25, -0.2) is 0 Å². The number of carbonyl (C=O) groups excluding carboxylic acids is 7. The van der Waals surface area contributed by atoms with Gasteiger partial charge in [0.1, 0.15) is 36.0 Å². The molecule has 0 bridgehead atoms. The van der Waals surface area contributed by atoms with Gasteiger partial charge in [0.25, 0.3) is 0 Å². The minimum atomic E-state index is -1.72. The van der Waals surface area contributed by atoms with Gasteiger partial charge in [0.2, 0.25) is 41.4 Å². The zero-order chi connectivity index (χ0) is 39.7. The monoisotopic (exact) mass is 783 g/mol. The Hall–Kier alpha value is -4.60. The van der Waals surface area contributed by atoms with Gasteiger partial charge in [-0.15, -0.1) is 0 Å². The summed E-state index contributed by atoms with van der Waals surface area (Å²) in [5, 5.41) is 31.4. The van der Waals surface area contributed by atoms with Gasteiger partial charge in [0.05, 0.1) is 19.0 Å². The molecule has 7 amide bonds. The number of aromatic hydroxyl groups is 1. The van der Waals surface area contributed by atoms with E-state index in [0.717, 1.165) is 0 Å². The number of benzene rings is 1. The fourth-order valence-electron chi connectivity index (χ4n) is 5.36. The predicted molar refractivity (Wildman–Crippen MR) is 197 cm³/mol. The van der Waals surface area contributed by atoms with E-state index in [0.29, 0.717) is 31.4 Å². The SMILES string of the molecule is NCCCC[C@H](NC(=O)[C@@H](N)CS)C(=O)NCC(=O)N[C@@H](CC(=O)O)C(=O)N[C@@H](Cc1ccc(O)cc1)C(=O)N1CCC[C@H]1C(=O)N[C@@H](CS)C(N)=O. The number of rotatable bonds is 22. The molecule has 1 aliphatic rings. The summed E-state index contributed by atoms with van der Waals surface area (Å²) in [7, 11) is 0. The molecule has 1 aromatic carbocycles. The molecule has 21 heteroatoms. The van der Waals surface area contributed by atoms with Crippen LogP contribution in [0.4, 0.5) is 0 Å². The highest BCUT2D eigenvalue weighted by Gasteiger charge is 2.39. The lowest BCUT2D eigenvalue weighted by Crippen LogP contribution is -2.59. The number of primary amides is 1. The second-order valence-electron chi connectivity index (χ2n) is 12.3. The lowest BCUT2D eigenvalue weighted by Gasteiger charge is -2.30. The highest BCUT2D eigenvalue weighted by atomic mass is 32.1. The zero-order valence-electron chi connectivity index (χ0n) is 29.0. The maximum absolute atomic E-state index is 14.0. The standard InChI is InChI=1S/C32H49N9O10S2/c33-10-2-1-4-20(38-28(47)19(34)15-52)29(48)36-14-25(43)37-21(13-26(44)45)30(49)39-22(12-17-6-8-18(42)9-7-17)32(51)41-11-3-5-24(41)31(50)40-23(16-53)27(35)46/h6-9,19-24,42,52-53H,1-5,10-16,33-34H2,(H2,35,46)(H,36,48)(H,37,43)(H,38,47)(H,39,49)(H,40,50)(H,44,45)/t19-,20-,21-,22-,23-,24-/m0/s1. The van der Waals surface area contributed by atoms with Crippen molar-refractivity contribution in [3.63, 3.8) is 0 Å². The molecule has 6 atom stereocenters. The van der Waals surface area contributed by atoms with Gasteiger partial charge >= 0.3 is 5.97 Å². The Morgan fingerprint density at radius 2 is 1.51 bits per heavy atom. The van der Waals surface area contributed by atoms with Crippen LogP contribution in [0.15, 0.2) is 24.3 Å². The minimum absolute atomic E-state index is 0.0154. The second kappa shape index (κ2) is 22.5. The summed E-state index contributed by atoms with van der Waals surface area (Å²) >= 11 is 8.00. The lowest BCUT2D eigenvalue weighted by atomic mass is 10.0. The number of aliphatic carboxylic acids is 1. The number of carbonyl (C=O) groups is 8. The van der Waals surface area contributed by atoms with E-state index in [2.05, 4.69) is 51.8 Å². The molecule has 53 heavy (non-hydrogen) atoms. The largest absolute Gasteiger partial charge is 0.508 e. The number of nitrogens with one attached hydrogen (secondary N) is 5. The molecular formula is C32H49N9O10S2. The van der Waals surface area contributed by atoms with Crippen LogP contribution in [0, 0.1) is 0 Å². The molecule has 19 nitrogen and oxygen atoms in total. The van der Waals surface area contributed by atoms with Crippen molar-refractivity contribution in [1.29, 1.82) is 0 Å². The van der Waals surface area contributed by atoms with Gasteiger partial charge < -0.3 is 58.9 Å². The van der Waals surface area contributed by atoms with Crippen molar-refractivity contribution in [2.75, 3.05) is 31.1 Å². The van der Waals surface area contributed by atoms with Crippen LogP contribution in [0.25, 0.3) is 0 Å². The van der Waals surface area contributed by atoms with Crippen LogP contribution in [0.5, 0.6) is 5.75 Å². The Kier molecular flexibility index (Phi) is 18.9. The molecule has 0 unspecified atom stereocenters. The first kappa shape index (κ1) is 44.6. The average Bonchev–Trinajstić information content (AvgIpc) is 3.62. The summed E-state index contributed by atoms with van der Waals surface area (Å²) in [6.07, 6.45) is 0.781. The Morgan fingerprint density at radius 3 is 2.09 bits per heavy atom. The van der Waals surface area contributed by atoms with E-state index in [-0.39, 0.29) is 43.1 Å². The van der Waals surface area contributed by atoms with Crippen LogP contribution in [-0.2, 0) is 44.8 Å². The summed E-state index contributed by atoms with van der Waals surface area (Å²) in [5.74, 6) is -7.18. The van der Waals surface area contributed by atoms with E-state index in [9.17, 15) is 48.6 Å². The number of phenols is 1. The first-order chi connectivity index (χ1) is 25.1. The molecule has 294 valence electrons. The van der Waals surface area contributed by atoms with Crippen LogP contribution < -0.4 is 43.8 Å². The minimum Gasteiger partial charge on any atom is -0.508 e. The van der Waals surface area contributed by atoms with Gasteiger partial charge in [-0.3, -0.25) is 38.4 Å². The number of hydrogen-bond donors (Lipinski definition) is 12. The Balaban J connectivity index is 2.24. The summed E-state index contributed by atoms with van der Waals surface area (Å²) in [6.45, 7) is -0.246. The molecule has 0 aliphatic carbocycles. The van der Waals surface area contributed by atoms with Crippen LogP contribution in [0.2, 0.25) is 0 Å². The summed E-state index contributed by atoms with van der Waals surface area (Å²) in [4.78, 5) is 103. The van der Waals surface area contributed by atoms with Gasteiger partial charge in [-0.05, 0) is 56.3 Å². The highest BCUT2D eigenvalue weighted by Crippen LogP contribution is 2.21. The zero-order valence-corrected chi connectivity index (χ0v) is 30.8. The third-order valence-corrected chi connectivity index (χ3v) is 9.00. The number of phenolic OH excluding ortho intramolecular Hbond substituents is 1. The van der Waals surface area contributed by atoms with E-state index in [1.54, 1.807) is 0 Å². The molecule has 0 radical (unpaired) electrons. The van der Waals surface area contributed by atoms with Crippen molar-refractivity contribution >= 4 is 72.6 Å². The molecule has 0 spiro atoms. The number of carboxylic acids is 1. The van der Waals surface area contributed by atoms with Crippen LogP contribution in [0.3, 0.4) is 0 Å². The van der Waals surface area contributed by atoms with E-state index in [4.69, 9.17) is 17.2 Å². The third-order valence-electron chi connectivity index (χ3n) is 8.24. The highest BCUT2D eigenvalue weighted by molar-refractivity contribution is 7.80. The molecule has 13 N–H and O–H groups in total. The third kappa shape index (κ3) is 14.7. The van der Waals surface area contributed by atoms with Crippen molar-refractivity contribution in [3.8, 4) is 5.75 Å². The van der Waals surface area contributed by atoms with Gasteiger partial charge in [-0.2, -0.15) is 25.3 Å². The quantitative estimate of drug-likeness (QED) is 0.0399. The van der Waals surface area contributed by atoms with Crippen molar-refractivity contribution < 1.29 is 48.6 Å². The van der Waals surface area contributed by atoms with Crippen molar-refractivity contribution in [1.82, 2.24) is 31.5 Å². The molecule has 1 saturated heterocycles. The van der Waals surface area contributed by atoms with Crippen LogP contribution in [-0.4, -0.2) is 130 Å². The van der Waals surface area contributed by atoms with E-state index >= 15 is 0 Å². The molecule has 1 aromatic rings. The number of likely N-dealkylation sites (tertiary alicyclic amines) is 1. The topological polar surface area (TPSA) is 318 Å². The normalized spacial score (nSPS) is 16.6. The number of nitrogens with two attached hydrogens (primary N) is 3. The lowest BCUT2D eigenvalue weighted by molar-refractivity contribution is -0.143. The van der Waals surface area contributed by atoms with Crippen LogP contribution >= 0.6 is 25.3 Å². The molecule has 0 saturated carbocycles. The predicted octanol–water partition coefficient (Wildman–Crippen LogP) is -3.74. The maximum atomic E-state index is 14.0. The van der Waals surface area contributed by atoms with E-state index in [1.165, 1.54) is 29.2 Å². The number of thiol groups is 2. The van der Waals surface area contributed by atoms with Crippen molar-refractivity contribution in [2.45, 2.75) is 81.2 Å². The molecule has 2 rings (SSSR count). The number of nitrogens with zero attached hydrogens (tertiary/aromatic N) is 1. The van der Waals surface area contributed by atoms with Gasteiger partial charge in [0, 0.05) is 24.5 Å². The smallest absolute Gasteiger partial charge is 0.305 e. The molecule has 0 aromatic heterocycles. The Labute approximate surface area is 317 Å². The fourth-order valence-corrected chi connectivity index (χ4v) is 5.80. The van der Waals surface area contributed by atoms with Gasteiger partial charge in [0.15, 0.2) is 0 Å². The molecule has 1 aliphatic heterocycles. The van der Waals surface area contributed by atoms with E-state index in [1.807, 2.05) is 0 Å². The summed E-state index contributed by atoms with van der Waals surface area (Å²) in [5.41, 5.74) is 17.0. The number of amides is 7. The van der Waals surface area contributed by atoms with Gasteiger partial charge in [-0.1, -0.05) is 12.1 Å². The average molecular weight is 784 g/mol. The first-order valence-electron chi connectivity index (χ1n) is 16.9. The Morgan fingerprint density at radius 1 is 0.849 bits per heavy atom. The number of unbranched alkanes of at least 4 members (excludes halogenated alkanes) is 1.